The molecule has 4 rings (SSSR count). The van der Waals surface area contributed by atoms with Crippen LogP contribution in [0.4, 0.5) is 17.3 Å². The Labute approximate surface area is 169 Å². The Hall–Kier alpha value is -3.39. The number of hydrogen-bond donors (Lipinski definition) is 1. The summed E-state index contributed by atoms with van der Waals surface area (Å²) in [5.41, 5.74) is 3.57. The molecule has 1 N–H and O–H groups in total. The number of nitrogens with zero attached hydrogens (tertiary/aromatic N) is 4. The molecule has 4 aromatic rings. The lowest BCUT2D eigenvalue weighted by Gasteiger charge is -2.13. The summed E-state index contributed by atoms with van der Waals surface area (Å²) < 4.78 is 25.3. The molecular formula is C21H21N5O2S. The van der Waals surface area contributed by atoms with Gasteiger partial charge in [-0.15, -0.1) is 0 Å². The smallest absolute Gasteiger partial charge is 0.229 e. The van der Waals surface area contributed by atoms with Crippen LogP contribution in [0.2, 0.25) is 0 Å². The molecule has 0 aliphatic carbocycles. The zero-order chi connectivity index (χ0) is 20.6. The number of hydrogen-bond acceptors (Lipinski definition) is 6. The lowest BCUT2D eigenvalue weighted by atomic mass is 10.2. The van der Waals surface area contributed by atoms with E-state index in [-0.39, 0.29) is 4.90 Å². The summed E-state index contributed by atoms with van der Waals surface area (Å²) in [7, 11) is 0.764. The molecule has 8 heteroatoms. The zero-order valence-electron chi connectivity index (χ0n) is 16.4. The second-order valence-corrected chi connectivity index (χ2v) is 9.01. The van der Waals surface area contributed by atoms with E-state index in [2.05, 4.69) is 15.3 Å². The van der Waals surface area contributed by atoms with Gasteiger partial charge >= 0.3 is 0 Å². The average Bonchev–Trinajstić information content (AvgIpc) is 3.11. The molecule has 0 aliphatic heterocycles. The van der Waals surface area contributed by atoms with Gasteiger partial charge in [0.1, 0.15) is 5.65 Å². The van der Waals surface area contributed by atoms with Crippen molar-refractivity contribution in [1.29, 1.82) is 0 Å². The highest BCUT2D eigenvalue weighted by Gasteiger charge is 2.10. The van der Waals surface area contributed by atoms with Crippen LogP contribution in [-0.4, -0.2) is 43.3 Å². The van der Waals surface area contributed by atoms with Crippen LogP contribution in [0.1, 0.15) is 0 Å². The zero-order valence-corrected chi connectivity index (χ0v) is 17.2. The molecule has 0 saturated heterocycles. The molecule has 0 spiro atoms. The molecule has 0 aliphatic rings. The van der Waals surface area contributed by atoms with E-state index in [0.29, 0.717) is 5.95 Å². The molecule has 7 nitrogen and oxygen atoms in total. The molecule has 2 heterocycles. The van der Waals surface area contributed by atoms with Gasteiger partial charge in [-0.1, -0.05) is 0 Å². The second kappa shape index (κ2) is 7.21. The highest BCUT2D eigenvalue weighted by Crippen LogP contribution is 2.23. The van der Waals surface area contributed by atoms with E-state index < -0.39 is 9.84 Å². The SMILES string of the molecule is CN(C)c1ccc(Nc2ncc3ccn(-c4ccc(S(C)(=O)=O)cc4)c3n2)cc1. The fourth-order valence-corrected chi connectivity index (χ4v) is 3.64. The summed E-state index contributed by atoms with van der Waals surface area (Å²) in [6, 6.07) is 16.7. The van der Waals surface area contributed by atoms with Crippen molar-refractivity contribution in [2.45, 2.75) is 4.90 Å². The van der Waals surface area contributed by atoms with E-state index >= 15 is 0 Å². The van der Waals surface area contributed by atoms with Crippen LogP contribution in [0.3, 0.4) is 0 Å². The van der Waals surface area contributed by atoms with Gasteiger partial charge < -0.3 is 14.8 Å². The summed E-state index contributed by atoms with van der Waals surface area (Å²) in [5, 5.41) is 4.12. The van der Waals surface area contributed by atoms with Gasteiger partial charge in [0.2, 0.25) is 5.95 Å². The van der Waals surface area contributed by atoms with Gasteiger partial charge in [0.25, 0.3) is 0 Å². The fraction of sp³-hybridized carbons (Fsp3) is 0.143. The molecule has 0 bridgehead atoms. The molecule has 0 amide bonds. The molecule has 0 unspecified atom stereocenters. The number of benzene rings is 2. The Morgan fingerprint density at radius 3 is 2.28 bits per heavy atom. The third-order valence-electron chi connectivity index (χ3n) is 4.61. The van der Waals surface area contributed by atoms with Crippen molar-refractivity contribution in [3.63, 3.8) is 0 Å². The molecule has 0 fully saturated rings. The van der Waals surface area contributed by atoms with Crippen molar-refractivity contribution in [2.24, 2.45) is 0 Å². The quantitative estimate of drug-likeness (QED) is 0.544. The number of fused-ring (bicyclic) bond motifs is 1. The molecule has 148 valence electrons. The number of rotatable bonds is 5. The van der Waals surface area contributed by atoms with Crippen LogP contribution in [0.25, 0.3) is 16.7 Å². The lowest BCUT2D eigenvalue weighted by molar-refractivity contribution is 0.602. The molecule has 0 radical (unpaired) electrons. The Bertz CT molecular complexity index is 1260. The monoisotopic (exact) mass is 407 g/mol. The molecular weight excluding hydrogens is 386 g/mol. The van der Waals surface area contributed by atoms with Crippen molar-refractivity contribution < 1.29 is 8.42 Å². The summed E-state index contributed by atoms with van der Waals surface area (Å²) in [5.74, 6) is 0.489. The van der Waals surface area contributed by atoms with E-state index in [1.165, 1.54) is 6.26 Å². The Kier molecular flexibility index (Phi) is 4.71. The van der Waals surface area contributed by atoms with Gasteiger partial charge in [-0.05, 0) is 54.6 Å². The third-order valence-corrected chi connectivity index (χ3v) is 5.74. The number of nitrogens with one attached hydrogen (secondary N) is 1. The minimum absolute atomic E-state index is 0.288. The normalized spacial score (nSPS) is 11.6. The molecule has 2 aromatic heterocycles. The van der Waals surface area contributed by atoms with Gasteiger partial charge in [0.15, 0.2) is 9.84 Å². The van der Waals surface area contributed by atoms with E-state index in [1.54, 1.807) is 30.5 Å². The van der Waals surface area contributed by atoms with Gasteiger partial charge in [-0.2, -0.15) is 4.98 Å². The number of aromatic nitrogens is 3. The summed E-state index contributed by atoms with van der Waals surface area (Å²) in [6.07, 6.45) is 4.86. The highest BCUT2D eigenvalue weighted by molar-refractivity contribution is 7.90. The van der Waals surface area contributed by atoms with Crippen LogP contribution in [0, 0.1) is 0 Å². The van der Waals surface area contributed by atoms with Crippen LogP contribution in [0.5, 0.6) is 0 Å². The Morgan fingerprint density at radius 1 is 0.966 bits per heavy atom. The molecule has 29 heavy (non-hydrogen) atoms. The average molecular weight is 407 g/mol. The minimum Gasteiger partial charge on any atom is -0.378 e. The Morgan fingerprint density at radius 2 is 1.66 bits per heavy atom. The highest BCUT2D eigenvalue weighted by atomic mass is 32.2. The standard InChI is InChI=1S/C21H21N5O2S/c1-25(2)17-6-4-16(5-7-17)23-21-22-14-15-12-13-26(20(15)24-21)18-8-10-19(11-9-18)29(3,27)28/h4-14H,1-3H3,(H,22,23,24). The topological polar surface area (TPSA) is 80.1 Å². The van der Waals surface area contributed by atoms with E-state index in [0.717, 1.165) is 28.1 Å². The largest absolute Gasteiger partial charge is 0.378 e. The molecule has 0 atom stereocenters. The fourth-order valence-electron chi connectivity index (χ4n) is 3.01. The van der Waals surface area contributed by atoms with E-state index in [4.69, 9.17) is 0 Å². The maximum atomic E-state index is 11.7. The maximum absolute atomic E-state index is 11.7. The van der Waals surface area contributed by atoms with Crippen LogP contribution in [-0.2, 0) is 9.84 Å². The molecule has 2 aromatic carbocycles. The maximum Gasteiger partial charge on any atom is 0.229 e. The van der Waals surface area contributed by atoms with Gasteiger partial charge in [-0.25, -0.2) is 13.4 Å². The number of sulfone groups is 1. The van der Waals surface area contributed by atoms with Crippen molar-refractivity contribution >= 4 is 38.2 Å². The second-order valence-electron chi connectivity index (χ2n) is 6.99. The summed E-state index contributed by atoms with van der Waals surface area (Å²) in [6.45, 7) is 0. The minimum atomic E-state index is -3.23. The predicted octanol–water partition coefficient (Wildman–Crippen LogP) is 3.63. The summed E-state index contributed by atoms with van der Waals surface area (Å²) in [4.78, 5) is 11.4. The van der Waals surface area contributed by atoms with E-state index in [1.807, 2.05) is 60.1 Å². The molecule has 0 saturated carbocycles. The summed E-state index contributed by atoms with van der Waals surface area (Å²) >= 11 is 0. The van der Waals surface area contributed by atoms with Crippen LogP contribution >= 0.6 is 0 Å². The Balaban J connectivity index is 1.66. The third kappa shape index (κ3) is 3.93. The van der Waals surface area contributed by atoms with Crippen LogP contribution < -0.4 is 10.2 Å². The first kappa shape index (κ1) is 18.9. The van der Waals surface area contributed by atoms with Crippen molar-refractivity contribution in [2.75, 3.05) is 30.6 Å². The van der Waals surface area contributed by atoms with Gasteiger partial charge in [-0.3, -0.25) is 0 Å². The number of anilines is 3. The lowest BCUT2D eigenvalue weighted by Crippen LogP contribution is -2.08. The van der Waals surface area contributed by atoms with Gasteiger partial charge in [0.05, 0.1) is 4.90 Å². The predicted molar refractivity (Wildman–Crippen MR) is 116 cm³/mol. The van der Waals surface area contributed by atoms with Crippen LogP contribution in [0.15, 0.2) is 71.9 Å². The van der Waals surface area contributed by atoms with Crippen molar-refractivity contribution in [3.05, 3.63) is 67.0 Å². The first-order chi connectivity index (χ1) is 13.8. The van der Waals surface area contributed by atoms with Crippen molar-refractivity contribution in [1.82, 2.24) is 14.5 Å². The van der Waals surface area contributed by atoms with Gasteiger partial charge in [0, 0.05) is 55.2 Å². The van der Waals surface area contributed by atoms with E-state index in [9.17, 15) is 8.42 Å². The first-order valence-electron chi connectivity index (χ1n) is 9.00. The first-order valence-corrected chi connectivity index (χ1v) is 10.9. The van der Waals surface area contributed by atoms with Crippen molar-refractivity contribution in [3.8, 4) is 5.69 Å².